The van der Waals surface area contributed by atoms with Crippen LogP contribution in [0.25, 0.3) is 75.1 Å². The summed E-state index contributed by atoms with van der Waals surface area (Å²) >= 11 is 1.86. The third kappa shape index (κ3) is 5.31. The molecule has 2 nitrogen and oxygen atoms in total. The number of allylic oxidation sites excluding steroid dienone is 4. The van der Waals surface area contributed by atoms with Gasteiger partial charge < -0.3 is 9.32 Å². The molecule has 0 fully saturated rings. The molecule has 3 heteroatoms. The summed E-state index contributed by atoms with van der Waals surface area (Å²) in [5, 5.41) is 7.33. The summed E-state index contributed by atoms with van der Waals surface area (Å²) in [5.41, 5.74) is 11.3. The van der Waals surface area contributed by atoms with E-state index < -0.39 is 0 Å². The summed E-state index contributed by atoms with van der Waals surface area (Å²) in [6, 6.07) is 61.9. The van der Waals surface area contributed by atoms with Crippen molar-refractivity contribution in [2.24, 2.45) is 0 Å². The van der Waals surface area contributed by atoms with Crippen LogP contribution in [-0.2, 0) is 0 Å². The van der Waals surface area contributed by atoms with Crippen LogP contribution in [0.4, 0.5) is 17.1 Å². The molecule has 8 aromatic carbocycles. The van der Waals surface area contributed by atoms with Crippen LogP contribution in [0.1, 0.15) is 17.9 Å². The topological polar surface area (TPSA) is 16.4 Å². The molecular weight excluding hydrogens is 687 g/mol. The fourth-order valence-electron chi connectivity index (χ4n) is 8.64. The first kappa shape index (κ1) is 31.8. The fraction of sp³-hybridized carbons (Fsp3) is 0.0385. The van der Waals surface area contributed by atoms with Crippen molar-refractivity contribution in [2.45, 2.75) is 12.3 Å². The van der Waals surface area contributed by atoms with Crippen LogP contribution in [0.5, 0.6) is 0 Å². The lowest BCUT2D eigenvalue weighted by molar-refractivity contribution is 0.670. The van der Waals surface area contributed by atoms with Crippen LogP contribution >= 0.6 is 11.3 Å². The predicted molar refractivity (Wildman–Crippen MR) is 235 cm³/mol. The third-order valence-electron chi connectivity index (χ3n) is 11.2. The second-order valence-electron chi connectivity index (χ2n) is 14.4. The van der Waals surface area contributed by atoms with Gasteiger partial charge in [0.2, 0.25) is 0 Å². The number of para-hydroxylation sites is 2. The normalized spacial score (nSPS) is 14.1. The molecule has 0 aliphatic heterocycles. The lowest BCUT2D eigenvalue weighted by Crippen LogP contribution is -2.12. The van der Waals surface area contributed by atoms with Crippen LogP contribution in [0.3, 0.4) is 0 Å². The standard InChI is InChI=1S/C52H35NOS/c1-3-14-34(15-4-1)38-30-31-48(41-19-8-7-18-39(38)41)53(37-27-29-44-43-21-10-12-25-50(43)55-51(44)33-37)36-26-28-40(47(32-36)35-16-5-2-6-17-35)45-22-13-23-46-42-20-9-11-24-49(42)54-52(45)46/h1-16,18-33,35H,17H2. The Hall–Kier alpha value is -6.68. The summed E-state index contributed by atoms with van der Waals surface area (Å²) in [6.45, 7) is 0. The highest BCUT2D eigenvalue weighted by molar-refractivity contribution is 7.25. The van der Waals surface area contributed by atoms with E-state index in [0.717, 1.165) is 51.0 Å². The summed E-state index contributed by atoms with van der Waals surface area (Å²) in [7, 11) is 0. The number of furan rings is 1. The molecule has 2 aromatic heterocycles. The predicted octanol–water partition coefficient (Wildman–Crippen LogP) is 15.5. The molecular formula is C52H35NOS. The van der Waals surface area contributed by atoms with E-state index in [4.69, 9.17) is 4.42 Å². The molecule has 0 bridgehead atoms. The number of benzene rings is 8. The SMILES string of the molecule is C1=CCC(c2cc(N(c3ccc4c(c3)sc3ccccc34)c3ccc(-c4ccccc4)c4ccccc34)ccc2-c2cccc3c2oc2ccccc23)C=C1. The summed E-state index contributed by atoms with van der Waals surface area (Å²) in [5.74, 6) is 0.212. The van der Waals surface area contributed by atoms with Gasteiger partial charge in [-0.25, -0.2) is 0 Å². The van der Waals surface area contributed by atoms with E-state index in [9.17, 15) is 0 Å². The molecule has 1 aliphatic rings. The molecule has 11 rings (SSSR count). The summed E-state index contributed by atoms with van der Waals surface area (Å²) < 4.78 is 9.21. The Balaban J connectivity index is 1.16. The molecule has 1 atom stereocenters. The summed E-state index contributed by atoms with van der Waals surface area (Å²) in [6.07, 6.45) is 9.92. The maximum absolute atomic E-state index is 6.62. The minimum Gasteiger partial charge on any atom is -0.455 e. The molecule has 1 aliphatic carbocycles. The number of hydrogen-bond donors (Lipinski definition) is 0. The van der Waals surface area contributed by atoms with Gasteiger partial charge in [-0.1, -0.05) is 152 Å². The number of fused-ring (bicyclic) bond motifs is 7. The molecule has 2 heterocycles. The van der Waals surface area contributed by atoms with Crippen molar-refractivity contribution in [3.8, 4) is 22.3 Å². The largest absolute Gasteiger partial charge is 0.455 e. The van der Waals surface area contributed by atoms with Crippen LogP contribution in [0, 0.1) is 0 Å². The van der Waals surface area contributed by atoms with Gasteiger partial charge >= 0.3 is 0 Å². The molecule has 55 heavy (non-hydrogen) atoms. The van der Waals surface area contributed by atoms with Crippen molar-refractivity contribution in [2.75, 3.05) is 4.90 Å². The lowest BCUT2D eigenvalue weighted by atomic mass is 9.85. The van der Waals surface area contributed by atoms with Gasteiger partial charge in [-0.05, 0) is 76.5 Å². The highest BCUT2D eigenvalue weighted by Gasteiger charge is 2.23. The van der Waals surface area contributed by atoms with Gasteiger partial charge in [-0.2, -0.15) is 0 Å². The van der Waals surface area contributed by atoms with Crippen molar-refractivity contribution in [1.82, 2.24) is 0 Å². The van der Waals surface area contributed by atoms with Crippen LogP contribution in [-0.4, -0.2) is 0 Å². The second-order valence-corrected chi connectivity index (χ2v) is 15.4. The molecule has 10 aromatic rings. The van der Waals surface area contributed by atoms with Crippen molar-refractivity contribution in [3.05, 3.63) is 200 Å². The number of nitrogens with zero attached hydrogens (tertiary/aromatic N) is 1. The Labute approximate surface area is 323 Å². The number of thiophene rings is 1. The van der Waals surface area contributed by atoms with E-state index >= 15 is 0 Å². The van der Waals surface area contributed by atoms with Gasteiger partial charge in [0.1, 0.15) is 11.2 Å². The Kier molecular flexibility index (Phi) is 7.53. The molecule has 0 radical (unpaired) electrons. The van der Waals surface area contributed by atoms with Gasteiger partial charge in [0, 0.05) is 59.2 Å². The minimum absolute atomic E-state index is 0.212. The zero-order chi connectivity index (χ0) is 36.3. The quantitative estimate of drug-likeness (QED) is 0.170. The van der Waals surface area contributed by atoms with Gasteiger partial charge in [-0.3, -0.25) is 0 Å². The molecule has 0 saturated heterocycles. The van der Waals surface area contributed by atoms with E-state index in [1.807, 2.05) is 17.4 Å². The highest BCUT2D eigenvalue weighted by Crippen LogP contribution is 2.47. The number of hydrogen-bond acceptors (Lipinski definition) is 3. The van der Waals surface area contributed by atoms with Crippen molar-refractivity contribution < 1.29 is 4.42 Å². The number of rotatable bonds is 6. The average Bonchev–Trinajstić information content (AvgIpc) is 3.83. The molecule has 0 amide bonds. The Bertz CT molecular complexity index is 3150. The first-order valence-corrected chi connectivity index (χ1v) is 19.8. The van der Waals surface area contributed by atoms with Gasteiger partial charge in [-0.15, -0.1) is 11.3 Å². The van der Waals surface area contributed by atoms with Crippen molar-refractivity contribution in [3.63, 3.8) is 0 Å². The van der Waals surface area contributed by atoms with E-state index in [2.05, 4.69) is 193 Å². The third-order valence-corrected chi connectivity index (χ3v) is 12.3. The molecule has 0 spiro atoms. The first-order valence-electron chi connectivity index (χ1n) is 18.9. The second kappa shape index (κ2) is 13.0. The van der Waals surface area contributed by atoms with Crippen molar-refractivity contribution in [1.29, 1.82) is 0 Å². The maximum Gasteiger partial charge on any atom is 0.143 e. The van der Waals surface area contributed by atoms with Gasteiger partial charge in [0.15, 0.2) is 0 Å². The first-order chi connectivity index (χ1) is 27.3. The van der Waals surface area contributed by atoms with E-state index in [1.54, 1.807) is 0 Å². The van der Waals surface area contributed by atoms with E-state index in [0.29, 0.717) is 0 Å². The average molecular weight is 722 g/mol. The van der Waals surface area contributed by atoms with Gasteiger partial charge in [0.05, 0.1) is 5.69 Å². The van der Waals surface area contributed by atoms with E-state index in [-0.39, 0.29) is 5.92 Å². The highest BCUT2D eigenvalue weighted by atomic mass is 32.1. The van der Waals surface area contributed by atoms with Crippen LogP contribution in [0.2, 0.25) is 0 Å². The van der Waals surface area contributed by atoms with Crippen molar-refractivity contribution >= 4 is 81.3 Å². The lowest BCUT2D eigenvalue weighted by Gasteiger charge is -2.29. The fourth-order valence-corrected chi connectivity index (χ4v) is 9.78. The molecule has 260 valence electrons. The van der Waals surface area contributed by atoms with Crippen LogP contribution in [0.15, 0.2) is 199 Å². The Morgan fingerprint density at radius 3 is 2.07 bits per heavy atom. The maximum atomic E-state index is 6.62. The molecule has 1 unspecified atom stereocenters. The Morgan fingerprint density at radius 1 is 0.491 bits per heavy atom. The van der Waals surface area contributed by atoms with Crippen LogP contribution < -0.4 is 4.90 Å². The minimum atomic E-state index is 0.212. The summed E-state index contributed by atoms with van der Waals surface area (Å²) in [4.78, 5) is 2.47. The monoisotopic (exact) mass is 721 g/mol. The van der Waals surface area contributed by atoms with E-state index in [1.165, 1.54) is 53.2 Å². The van der Waals surface area contributed by atoms with Gasteiger partial charge in [0.25, 0.3) is 0 Å². The Morgan fingerprint density at radius 2 is 1.20 bits per heavy atom. The zero-order valence-electron chi connectivity index (χ0n) is 30.0. The molecule has 0 N–H and O–H groups in total. The molecule has 0 saturated carbocycles. The number of anilines is 3. The zero-order valence-corrected chi connectivity index (χ0v) is 30.8. The smallest absolute Gasteiger partial charge is 0.143 e.